The molecule has 158 valence electrons. The van der Waals surface area contributed by atoms with E-state index in [1.807, 2.05) is 13.0 Å². The van der Waals surface area contributed by atoms with E-state index >= 15 is 0 Å². The summed E-state index contributed by atoms with van der Waals surface area (Å²) in [5, 5.41) is 3.50. The van der Waals surface area contributed by atoms with Gasteiger partial charge in [-0.2, -0.15) is 8.79 Å². The number of hydrogen-bond donors (Lipinski definition) is 4. The molecule has 1 aliphatic heterocycles. The van der Waals surface area contributed by atoms with Gasteiger partial charge in [0, 0.05) is 32.1 Å². The minimum atomic E-state index is -0.408. The number of nitrogens with zero attached hydrogens (tertiary/aromatic N) is 4. The van der Waals surface area contributed by atoms with Gasteiger partial charge in [0.2, 0.25) is 5.82 Å². The van der Waals surface area contributed by atoms with Crippen LogP contribution in [-0.2, 0) is 0 Å². The molecule has 9 heteroatoms. The molecule has 6 N–H and O–H groups in total. The Morgan fingerprint density at radius 3 is 2.83 bits per heavy atom. The molecule has 30 heavy (non-hydrogen) atoms. The lowest BCUT2D eigenvalue weighted by molar-refractivity contribution is -0.510. The second-order valence-corrected chi connectivity index (χ2v) is 7.69. The van der Waals surface area contributed by atoms with E-state index in [2.05, 4.69) is 32.1 Å². The third-order valence-corrected chi connectivity index (χ3v) is 5.43. The van der Waals surface area contributed by atoms with Crippen LogP contribution in [0.5, 0.6) is 0 Å². The van der Waals surface area contributed by atoms with Crippen LogP contribution in [0, 0.1) is 12.7 Å². The van der Waals surface area contributed by atoms with E-state index in [1.165, 1.54) is 6.07 Å². The number of nitrogens with one attached hydrogen (secondary N) is 2. The van der Waals surface area contributed by atoms with Gasteiger partial charge in [-0.1, -0.05) is 6.92 Å². The number of H-pyrrole nitrogens is 1. The normalized spacial score (nSPS) is 15.8. The van der Waals surface area contributed by atoms with Gasteiger partial charge in [0.05, 0.1) is 17.6 Å². The van der Waals surface area contributed by atoms with Crippen molar-refractivity contribution in [2.24, 2.45) is 10.7 Å². The zero-order chi connectivity index (χ0) is 21.3. The van der Waals surface area contributed by atoms with Crippen molar-refractivity contribution in [3.05, 3.63) is 47.9 Å². The van der Waals surface area contributed by atoms with Crippen molar-refractivity contribution in [2.45, 2.75) is 32.7 Å². The number of aromatic nitrogens is 3. The van der Waals surface area contributed by atoms with E-state index in [1.54, 1.807) is 23.0 Å². The summed E-state index contributed by atoms with van der Waals surface area (Å²) in [7, 11) is 0. The number of nitrogen functional groups attached to an aromatic ring is 1. The first-order valence-corrected chi connectivity index (χ1v) is 10.2. The first-order valence-electron chi connectivity index (χ1n) is 10.2. The highest BCUT2D eigenvalue weighted by molar-refractivity contribution is 6.01. The Hall–Kier alpha value is -3.20. The van der Waals surface area contributed by atoms with Gasteiger partial charge in [0.15, 0.2) is 5.84 Å². The number of aliphatic imine (C=N–C) groups is 1. The highest BCUT2D eigenvalue weighted by Crippen LogP contribution is 2.24. The molecule has 4 rings (SSSR count). The molecule has 0 spiro atoms. The Balaban J connectivity index is 1.54. The van der Waals surface area contributed by atoms with Crippen LogP contribution in [0.2, 0.25) is 0 Å². The number of nitrogens with two attached hydrogens (primary N) is 2. The predicted molar refractivity (Wildman–Crippen MR) is 117 cm³/mol. The SMILES string of the molecule is CCNC1CCN(c2cnc(C(N)=Nc3cc(F)c4[nH]c(C)c[n+]4c3)c(N)c2)CC1. The van der Waals surface area contributed by atoms with Crippen LogP contribution in [0.15, 0.2) is 35.7 Å². The molecule has 0 unspecified atom stereocenters. The molecule has 0 aliphatic carbocycles. The van der Waals surface area contributed by atoms with Gasteiger partial charge in [0.25, 0.3) is 0 Å². The number of pyridine rings is 2. The van der Waals surface area contributed by atoms with Crippen molar-refractivity contribution in [2.75, 3.05) is 30.3 Å². The topological polar surface area (TPSA) is 112 Å². The van der Waals surface area contributed by atoms with Crippen molar-refractivity contribution in [3.8, 4) is 0 Å². The zero-order valence-corrected chi connectivity index (χ0v) is 17.3. The van der Waals surface area contributed by atoms with Crippen LogP contribution in [0.3, 0.4) is 0 Å². The number of rotatable bonds is 5. The summed E-state index contributed by atoms with van der Waals surface area (Å²) in [5.41, 5.74) is 15.8. The first-order chi connectivity index (χ1) is 14.4. The summed E-state index contributed by atoms with van der Waals surface area (Å²) < 4.78 is 16.0. The third kappa shape index (κ3) is 4.06. The van der Waals surface area contributed by atoms with E-state index in [-0.39, 0.29) is 5.84 Å². The Kier molecular flexibility index (Phi) is 5.54. The van der Waals surface area contributed by atoms with Crippen molar-refractivity contribution in [1.82, 2.24) is 15.3 Å². The van der Waals surface area contributed by atoms with Crippen LogP contribution >= 0.6 is 0 Å². The summed E-state index contributed by atoms with van der Waals surface area (Å²) in [6, 6.07) is 3.78. The minimum absolute atomic E-state index is 0.150. The number of imidazole rings is 1. The molecule has 0 atom stereocenters. The number of piperidine rings is 1. The molecular weight excluding hydrogens is 383 g/mol. The molecule has 8 nitrogen and oxygen atoms in total. The highest BCUT2D eigenvalue weighted by Gasteiger charge is 2.20. The minimum Gasteiger partial charge on any atom is -0.397 e. The molecule has 1 fully saturated rings. The quantitative estimate of drug-likeness (QED) is 0.291. The highest BCUT2D eigenvalue weighted by atomic mass is 19.1. The second kappa shape index (κ2) is 8.27. The van der Waals surface area contributed by atoms with Crippen molar-refractivity contribution in [1.29, 1.82) is 0 Å². The molecule has 1 saturated heterocycles. The lowest BCUT2D eigenvalue weighted by Gasteiger charge is -2.33. The average molecular weight is 412 g/mol. The molecule has 3 aromatic rings. The number of aryl methyl sites for hydroxylation is 1. The molecule has 0 amide bonds. The van der Waals surface area contributed by atoms with E-state index in [4.69, 9.17) is 11.5 Å². The van der Waals surface area contributed by atoms with Gasteiger partial charge in [-0.15, -0.1) is 0 Å². The summed E-state index contributed by atoms with van der Waals surface area (Å²) in [6.07, 6.45) is 7.44. The fourth-order valence-corrected chi connectivity index (χ4v) is 3.96. The van der Waals surface area contributed by atoms with Gasteiger partial charge in [-0.05, 0) is 25.5 Å². The third-order valence-electron chi connectivity index (χ3n) is 5.43. The van der Waals surface area contributed by atoms with Crippen molar-refractivity contribution >= 4 is 28.5 Å². The number of aromatic amines is 1. The number of anilines is 2. The maximum absolute atomic E-state index is 14.3. The van der Waals surface area contributed by atoms with Crippen LogP contribution in [-0.4, -0.2) is 41.5 Å². The van der Waals surface area contributed by atoms with Gasteiger partial charge < -0.3 is 21.7 Å². The average Bonchev–Trinajstić information content (AvgIpc) is 3.09. The molecule has 0 radical (unpaired) electrons. The fourth-order valence-electron chi connectivity index (χ4n) is 3.96. The van der Waals surface area contributed by atoms with Gasteiger partial charge in [-0.3, -0.25) is 0 Å². The molecule has 0 saturated carbocycles. The van der Waals surface area contributed by atoms with Crippen molar-refractivity contribution < 1.29 is 8.79 Å². The maximum atomic E-state index is 14.3. The Morgan fingerprint density at radius 2 is 2.13 bits per heavy atom. The van der Waals surface area contributed by atoms with E-state index in [0.717, 1.165) is 43.9 Å². The number of hydrogen-bond acceptors (Lipinski definition) is 5. The van der Waals surface area contributed by atoms with E-state index < -0.39 is 5.82 Å². The molecule has 0 bridgehead atoms. The standard InChI is InChI=1S/C21H27FN8/c1-3-25-14-4-6-29(7-5-14)16-9-18(23)19(26-10-16)20(24)28-15-8-17(22)21-27-13(2)11-30(21)12-15/h8-12,14,25H,3-7H2,1-2H3,(H4,23,24,28)/p+1. The van der Waals surface area contributed by atoms with Gasteiger partial charge in [-0.25, -0.2) is 15.0 Å². The van der Waals surface area contributed by atoms with Crippen LogP contribution in [0.25, 0.3) is 5.65 Å². The monoisotopic (exact) mass is 411 g/mol. The lowest BCUT2D eigenvalue weighted by Crippen LogP contribution is -2.42. The molecule has 4 heterocycles. The Bertz CT molecular complexity index is 1080. The Labute approximate surface area is 174 Å². The van der Waals surface area contributed by atoms with Crippen LogP contribution < -0.4 is 26.1 Å². The largest absolute Gasteiger partial charge is 0.397 e. The molecule has 3 aromatic heterocycles. The summed E-state index contributed by atoms with van der Waals surface area (Å²) in [4.78, 5) is 14.0. The fraction of sp³-hybridized carbons (Fsp3) is 0.381. The maximum Gasteiger partial charge on any atom is 0.320 e. The van der Waals surface area contributed by atoms with Crippen molar-refractivity contribution in [3.63, 3.8) is 0 Å². The van der Waals surface area contributed by atoms with Gasteiger partial charge in [0.1, 0.15) is 29.5 Å². The number of halogens is 1. The summed E-state index contributed by atoms with van der Waals surface area (Å²) in [5.74, 6) is -0.258. The molecular formula is C21H28FN8+. The van der Waals surface area contributed by atoms with E-state index in [9.17, 15) is 4.39 Å². The number of fused-ring (bicyclic) bond motifs is 1. The predicted octanol–water partition coefficient (Wildman–Crippen LogP) is 1.79. The van der Waals surface area contributed by atoms with E-state index in [0.29, 0.717) is 28.8 Å². The first kappa shape index (κ1) is 20.1. The molecule has 0 aromatic carbocycles. The summed E-state index contributed by atoms with van der Waals surface area (Å²) >= 11 is 0. The second-order valence-electron chi connectivity index (χ2n) is 7.69. The van der Waals surface area contributed by atoms with Crippen LogP contribution in [0.4, 0.5) is 21.5 Å². The summed E-state index contributed by atoms with van der Waals surface area (Å²) in [6.45, 7) is 6.89. The number of amidine groups is 1. The zero-order valence-electron chi connectivity index (χ0n) is 17.3. The lowest BCUT2D eigenvalue weighted by atomic mass is 10.0. The molecule has 1 aliphatic rings. The Morgan fingerprint density at radius 1 is 1.37 bits per heavy atom. The van der Waals surface area contributed by atoms with Crippen LogP contribution in [0.1, 0.15) is 31.2 Å². The smallest absolute Gasteiger partial charge is 0.320 e. The van der Waals surface area contributed by atoms with Gasteiger partial charge >= 0.3 is 5.65 Å².